The first kappa shape index (κ1) is 16.7. The Morgan fingerprint density at radius 2 is 1.88 bits per heavy atom. The molecule has 2 aromatic carbocycles. The second-order valence-electron chi connectivity index (χ2n) is 6.58. The summed E-state index contributed by atoms with van der Waals surface area (Å²) < 4.78 is 5.53. The molecule has 1 aliphatic heterocycles. The standard InChI is InChI=1S/C22H22N2O2/c1-2-16-8-9-20-18(14-16)21(24-10-12-26-13-11-24)19(15-23-20)22(25)17-6-4-3-5-7-17/h3-9,14-15H,2,10-13H2,1H3/p+1. The van der Waals surface area contributed by atoms with Crippen molar-refractivity contribution in [2.75, 3.05) is 31.2 Å². The molecule has 3 aromatic rings. The van der Waals surface area contributed by atoms with E-state index in [4.69, 9.17) is 4.74 Å². The van der Waals surface area contributed by atoms with E-state index in [1.165, 1.54) is 5.56 Å². The summed E-state index contributed by atoms with van der Waals surface area (Å²) in [5, 5.41) is 1.10. The number of carbonyl (C=O) groups is 1. The van der Waals surface area contributed by atoms with Crippen LogP contribution in [0.2, 0.25) is 0 Å². The van der Waals surface area contributed by atoms with E-state index in [0.717, 1.165) is 41.7 Å². The van der Waals surface area contributed by atoms with E-state index in [-0.39, 0.29) is 5.78 Å². The summed E-state index contributed by atoms with van der Waals surface area (Å²) in [5.74, 6) is 0.0483. The second-order valence-corrected chi connectivity index (χ2v) is 6.58. The van der Waals surface area contributed by atoms with Crippen molar-refractivity contribution >= 4 is 22.4 Å². The maximum absolute atomic E-state index is 13.2. The number of fused-ring (bicyclic) bond motifs is 1. The zero-order valence-corrected chi connectivity index (χ0v) is 15.0. The van der Waals surface area contributed by atoms with Crippen molar-refractivity contribution in [3.63, 3.8) is 0 Å². The van der Waals surface area contributed by atoms with Gasteiger partial charge in [0.15, 0.2) is 6.20 Å². The van der Waals surface area contributed by atoms with Crippen LogP contribution in [0.3, 0.4) is 0 Å². The molecule has 4 rings (SSSR count). The number of nitrogens with one attached hydrogen (secondary N) is 1. The molecule has 4 heteroatoms. The number of hydrogen-bond acceptors (Lipinski definition) is 3. The van der Waals surface area contributed by atoms with Crippen LogP contribution in [-0.2, 0) is 11.2 Å². The van der Waals surface area contributed by atoms with Gasteiger partial charge in [0.2, 0.25) is 11.3 Å². The maximum atomic E-state index is 13.2. The third-order valence-corrected chi connectivity index (χ3v) is 4.98. The fourth-order valence-corrected chi connectivity index (χ4v) is 3.54. The molecular formula is C22H23N2O2+. The van der Waals surface area contributed by atoms with Gasteiger partial charge >= 0.3 is 0 Å². The lowest BCUT2D eigenvalue weighted by Gasteiger charge is -2.30. The molecule has 0 unspecified atom stereocenters. The van der Waals surface area contributed by atoms with E-state index in [1.54, 1.807) is 0 Å². The van der Waals surface area contributed by atoms with Gasteiger partial charge in [-0.3, -0.25) is 4.79 Å². The fraction of sp³-hybridized carbons (Fsp3) is 0.273. The first-order chi connectivity index (χ1) is 12.8. The Morgan fingerprint density at radius 3 is 2.62 bits per heavy atom. The highest BCUT2D eigenvalue weighted by atomic mass is 16.5. The van der Waals surface area contributed by atoms with Gasteiger partial charge in [-0.2, -0.15) is 0 Å². The number of ether oxygens (including phenoxy) is 1. The number of anilines is 1. The fourth-order valence-electron chi connectivity index (χ4n) is 3.54. The Labute approximate surface area is 153 Å². The van der Waals surface area contributed by atoms with Crippen LogP contribution >= 0.6 is 0 Å². The van der Waals surface area contributed by atoms with Crippen LogP contribution in [-0.4, -0.2) is 32.1 Å². The van der Waals surface area contributed by atoms with Crippen LogP contribution in [0.5, 0.6) is 0 Å². The van der Waals surface area contributed by atoms with E-state index >= 15 is 0 Å². The predicted octanol–water partition coefficient (Wildman–Crippen LogP) is 3.28. The van der Waals surface area contributed by atoms with Crippen molar-refractivity contribution in [2.45, 2.75) is 13.3 Å². The summed E-state index contributed by atoms with van der Waals surface area (Å²) in [6.07, 6.45) is 2.82. The summed E-state index contributed by atoms with van der Waals surface area (Å²) in [7, 11) is 0. The third kappa shape index (κ3) is 3.08. The van der Waals surface area contributed by atoms with E-state index in [2.05, 4.69) is 35.0 Å². The summed E-state index contributed by atoms with van der Waals surface area (Å²) in [5.41, 5.74) is 4.77. The molecule has 0 bridgehead atoms. The SMILES string of the molecule is CCc1ccc2[nH+]cc(C(=O)c3ccccc3)c(N3CCOCC3)c2c1. The molecule has 4 nitrogen and oxygen atoms in total. The highest BCUT2D eigenvalue weighted by Gasteiger charge is 2.25. The number of hydrogen-bond donors (Lipinski definition) is 0. The van der Waals surface area contributed by atoms with Gasteiger partial charge in [-0.1, -0.05) is 43.3 Å². The van der Waals surface area contributed by atoms with Crippen LogP contribution in [0.25, 0.3) is 10.9 Å². The van der Waals surface area contributed by atoms with Gasteiger partial charge in [0.25, 0.3) is 0 Å². The number of pyridine rings is 1. The average molecular weight is 347 g/mol. The van der Waals surface area contributed by atoms with Crippen molar-refractivity contribution < 1.29 is 14.5 Å². The van der Waals surface area contributed by atoms with Crippen LogP contribution < -0.4 is 9.88 Å². The molecule has 1 saturated heterocycles. The van der Waals surface area contributed by atoms with Crippen LogP contribution in [0.1, 0.15) is 28.4 Å². The van der Waals surface area contributed by atoms with Gasteiger partial charge in [-0.15, -0.1) is 0 Å². The first-order valence-corrected chi connectivity index (χ1v) is 9.17. The number of carbonyl (C=O) groups excluding carboxylic acids is 1. The highest BCUT2D eigenvalue weighted by Crippen LogP contribution is 2.31. The average Bonchev–Trinajstić information content (AvgIpc) is 2.73. The molecule has 0 aliphatic carbocycles. The normalized spacial score (nSPS) is 14.6. The molecule has 0 amide bonds. The summed E-state index contributed by atoms with van der Waals surface area (Å²) >= 11 is 0. The van der Waals surface area contributed by atoms with Gasteiger partial charge in [-0.05, 0) is 18.1 Å². The lowest BCUT2D eigenvalue weighted by molar-refractivity contribution is -0.344. The van der Waals surface area contributed by atoms with Gasteiger partial charge in [0.05, 0.1) is 24.3 Å². The number of aromatic amines is 1. The van der Waals surface area contributed by atoms with Gasteiger partial charge in [0, 0.05) is 24.7 Å². The number of H-pyrrole nitrogens is 1. The largest absolute Gasteiger partial charge is 0.378 e. The second kappa shape index (κ2) is 7.26. The molecule has 1 fully saturated rings. The Kier molecular flexibility index (Phi) is 4.67. The monoisotopic (exact) mass is 347 g/mol. The van der Waals surface area contributed by atoms with Gasteiger partial charge < -0.3 is 9.64 Å². The minimum atomic E-state index is 0.0483. The first-order valence-electron chi connectivity index (χ1n) is 9.17. The molecule has 1 aromatic heterocycles. The van der Waals surface area contributed by atoms with Crippen molar-refractivity contribution in [3.8, 4) is 0 Å². The smallest absolute Gasteiger partial charge is 0.212 e. The van der Waals surface area contributed by atoms with Crippen molar-refractivity contribution in [2.24, 2.45) is 0 Å². The third-order valence-electron chi connectivity index (χ3n) is 4.98. The Hall–Kier alpha value is -2.72. The van der Waals surface area contributed by atoms with E-state index in [1.807, 2.05) is 36.5 Å². The lowest BCUT2D eigenvalue weighted by Crippen LogP contribution is -2.37. The number of nitrogens with zero attached hydrogens (tertiary/aromatic N) is 1. The van der Waals surface area contributed by atoms with Crippen molar-refractivity contribution in [1.29, 1.82) is 0 Å². The molecule has 2 heterocycles. The van der Waals surface area contributed by atoms with E-state index in [0.29, 0.717) is 18.8 Å². The molecule has 0 spiro atoms. The molecule has 132 valence electrons. The molecular weight excluding hydrogens is 324 g/mol. The lowest BCUT2D eigenvalue weighted by atomic mass is 9.98. The summed E-state index contributed by atoms with van der Waals surface area (Å²) in [4.78, 5) is 18.8. The Bertz CT molecular complexity index is 932. The van der Waals surface area contributed by atoms with Crippen molar-refractivity contribution in [3.05, 3.63) is 71.4 Å². The minimum absolute atomic E-state index is 0.0483. The maximum Gasteiger partial charge on any atom is 0.212 e. The van der Waals surface area contributed by atoms with Crippen molar-refractivity contribution in [1.82, 2.24) is 0 Å². The Balaban J connectivity index is 1.92. The number of morpholine rings is 1. The number of aromatic nitrogens is 1. The number of rotatable bonds is 4. The number of benzene rings is 2. The van der Waals surface area contributed by atoms with Crippen LogP contribution in [0.4, 0.5) is 5.69 Å². The molecule has 1 N–H and O–H groups in total. The highest BCUT2D eigenvalue weighted by molar-refractivity contribution is 6.15. The molecule has 0 saturated carbocycles. The van der Waals surface area contributed by atoms with Crippen LogP contribution in [0.15, 0.2) is 54.7 Å². The van der Waals surface area contributed by atoms with Crippen LogP contribution in [0, 0.1) is 0 Å². The van der Waals surface area contributed by atoms with E-state index < -0.39 is 0 Å². The minimum Gasteiger partial charge on any atom is -0.378 e. The zero-order valence-electron chi connectivity index (χ0n) is 15.0. The van der Waals surface area contributed by atoms with Gasteiger partial charge in [-0.25, -0.2) is 4.98 Å². The summed E-state index contributed by atoms with van der Waals surface area (Å²) in [6, 6.07) is 15.9. The number of aryl methyl sites for hydroxylation is 1. The molecule has 0 atom stereocenters. The quantitative estimate of drug-likeness (QED) is 0.680. The Morgan fingerprint density at radius 1 is 1.12 bits per heavy atom. The topological polar surface area (TPSA) is 43.7 Å². The van der Waals surface area contributed by atoms with Gasteiger partial charge in [0.1, 0.15) is 5.56 Å². The zero-order chi connectivity index (χ0) is 17.9. The molecule has 26 heavy (non-hydrogen) atoms. The van der Waals surface area contributed by atoms with E-state index in [9.17, 15) is 4.79 Å². The molecule has 1 aliphatic rings. The number of ketones is 1. The molecule has 0 radical (unpaired) electrons. The summed E-state index contributed by atoms with van der Waals surface area (Å²) in [6.45, 7) is 5.12. The predicted molar refractivity (Wildman–Crippen MR) is 103 cm³/mol.